The van der Waals surface area contributed by atoms with E-state index in [0.717, 1.165) is 18.4 Å². The molecule has 0 radical (unpaired) electrons. The van der Waals surface area contributed by atoms with E-state index in [-0.39, 0.29) is 4.92 Å². The predicted molar refractivity (Wildman–Crippen MR) is 45.0 cm³/mol. The maximum atomic E-state index is 10.4. The summed E-state index contributed by atoms with van der Waals surface area (Å²) in [6.45, 7) is 2.02. The van der Waals surface area contributed by atoms with Crippen LogP contribution in [0.2, 0.25) is 0 Å². The van der Waals surface area contributed by atoms with Gasteiger partial charge in [-0.25, -0.2) is 0 Å². The molecule has 0 aliphatic carbocycles. The van der Waals surface area contributed by atoms with Gasteiger partial charge < -0.3 is 0 Å². The van der Waals surface area contributed by atoms with Gasteiger partial charge in [-0.05, 0) is 17.9 Å². The summed E-state index contributed by atoms with van der Waals surface area (Å²) in [5.41, 5.74) is 0.863. The van der Waals surface area contributed by atoms with Crippen molar-refractivity contribution in [2.75, 3.05) is 0 Å². The molecule has 1 rings (SSSR count). The van der Waals surface area contributed by atoms with Gasteiger partial charge in [0.1, 0.15) is 0 Å². The van der Waals surface area contributed by atoms with Crippen LogP contribution in [0.15, 0.2) is 11.4 Å². The lowest BCUT2D eigenvalue weighted by Crippen LogP contribution is -1.89. The Balaban J connectivity index is 2.87. The number of aryl methyl sites for hydroxylation is 1. The highest BCUT2D eigenvalue weighted by atomic mass is 32.1. The fourth-order valence-corrected chi connectivity index (χ4v) is 1.72. The highest BCUT2D eigenvalue weighted by Gasteiger charge is 2.13. The van der Waals surface area contributed by atoms with Crippen LogP contribution in [-0.4, -0.2) is 4.92 Å². The SMILES string of the molecule is CCCc1ccsc1[N+](=O)[O-]. The van der Waals surface area contributed by atoms with E-state index in [4.69, 9.17) is 0 Å². The minimum absolute atomic E-state index is 0.298. The molecular formula is C7H9NO2S. The number of nitro groups is 1. The van der Waals surface area contributed by atoms with Crippen molar-refractivity contribution in [3.05, 3.63) is 27.1 Å². The first-order valence-electron chi connectivity index (χ1n) is 3.46. The van der Waals surface area contributed by atoms with Crippen molar-refractivity contribution < 1.29 is 4.92 Å². The summed E-state index contributed by atoms with van der Waals surface area (Å²) in [4.78, 5) is 10.1. The van der Waals surface area contributed by atoms with Crippen molar-refractivity contribution in [3.8, 4) is 0 Å². The maximum absolute atomic E-state index is 10.4. The van der Waals surface area contributed by atoms with Gasteiger partial charge >= 0.3 is 5.00 Å². The Kier molecular flexibility index (Phi) is 2.59. The van der Waals surface area contributed by atoms with Crippen molar-refractivity contribution >= 4 is 16.3 Å². The molecule has 0 aliphatic rings. The molecule has 1 heterocycles. The van der Waals surface area contributed by atoms with E-state index in [0.29, 0.717) is 5.00 Å². The molecule has 3 nitrogen and oxygen atoms in total. The summed E-state index contributed by atoms with van der Waals surface area (Å²) in [7, 11) is 0. The third-order valence-electron chi connectivity index (χ3n) is 1.41. The van der Waals surface area contributed by atoms with E-state index in [9.17, 15) is 10.1 Å². The second-order valence-electron chi connectivity index (χ2n) is 2.26. The Bertz CT molecular complexity index is 257. The number of hydrogen-bond acceptors (Lipinski definition) is 3. The van der Waals surface area contributed by atoms with Crippen LogP contribution in [0, 0.1) is 10.1 Å². The molecule has 11 heavy (non-hydrogen) atoms. The van der Waals surface area contributed by atoms with Gasteiger partial charge in [-0.15, -0.1) is 0 Å². The van der Waals surface area contributed by atoms with Crippen LogP contribution < -0.4 is 0 Å². The van der Waals surface area contributed by atoms with Gasteiger partial charge in [0.2, 0.25) is 0 Å². The summed E-state index contributed by atoms with van der Waals surface area (Å²) in [5.74, 6) is 0. The van der Waals surface area contributed by atoms with E-state index in [2.05, 4.69) is 0 Å². The zero-order chi connectivity index (χ0) is 8.27. The lowest BCUT2D eigenvalue weighted by molar-refractivity contribution is -0.380. The van der Waals surface area contributed by atoms with Crippen LogP contribution in [0.3, 0.4) is 0 Å². The first-order valence-corrected chi connectivity index (χ1v) is 4.34. The molecule has 0 saturated heterocycles. The van der Waals surface area contributed by atoms with E-state index < -0.39 is 0 Å². The lowest BCUT2D eigenvalue weighted by Gasteiger charge is -1.91. The summed E-state index contributed by atoms with van der Waals surface area (Å²) in [6, 6.07) is 1.83. The topological polar surface area (TPSA) is 43.1 Å². The average molecular weight is 171 g/mol. The molecule has 0 N–H and O–H groups in total. The molecule has 0 spiro atoms. The van der Waals surface area contributed by atoms with E-state index >= 15 is 0 Å². The Morgan fingerprint density at radius 3 is 3.00 bits per heavy atom. The minimum atomic E-state index is -0.310. The highest BCUT2D eigenvalue weighted by Crippen LogP contribution is 2.26. The van der Waals surface area contributed by atoms with Crippen LogP contribution in [0.5, 0.6) is 0 Å². The lowest BCUT2D eigenvalue weighted by atomic mass is 10.2. The van der Waals surface area contributed by atoms with Gasteiger partial charge in [0.05, 0.1) is 4.92 Å². The molecule has 4 heteroatoms. The molecule has 0 atom stereocenters. The normalized spacial score (nSPS) is 9.91. The van der Waals surface area contributed by atoms with Gasteiger partial charge in [0.25, 0.3) is 0 Å². The van der Waals surface area contributed by atoms with Crippen molar-refractivity contribution in [1.82, 2.24) is 0 Å². The summed E-state index contributed by atoms with van der Waals surface area (Å²) >= 11 is 1.20. The third kappa shape index (κ3) is 1.77. The molecular weight excluding hydrogens is 162 g/mol. The number of nitrogens with zero attached hydrogens (tertiary/aromatic N) is 1. The van der Waals surface area contributed by atoms with Crippen LogP contribution >= 0.6 is 11.3 Å². The van der Waals surface area contributed by atoms with Crippen LogP contribution in [0.25, 0.3) is 0 Å². The van der Waals surface area contributed by atoms with Crippen molar-refractivity contribution in [1.29, 1.82) is 0 Å². The largest absolute Gasteiger partial charge is 0.327 e. The molecule has 0 unspecified atom stereocenters. The summed E-state index contributed by atoms with van der Waals surface area (Å²) in [6.07, 6.45) is 1.76. The van der Waals surface area contributed by atoms with E-state index in [1.165, 1.54) is 11.3 Å². The molecule has 0 fully saturated rings. The van der Waals surface area contributed by atoms with Crippen molar-refractivity contribution in [2.45, 2.75) is 19.8 Å². The summed E-state index contributed by atoms with van der Waals surface area (Å²) in [5, 5.41) is 12.4. The standard InChI is InChI=1S/C7H9NO2S/c1-2-3-6-4-5-11-7(6)8(9)10/h4-5H,2-3H2,1H3. The van der Waals surface area contributed by atoms with Gasteiger partial charge in [-0.3, -0.25) is 10.1 Å². The fourth-order valence-electron chi connectivity index (χ4n) is 0.947. The maximum Gasteiger partial charge on any atom is 0.327 e. The number of rotatable bonds is 3. The number of thiophene rings is 1. The zero-order valence-corrected chi connectivity index (χ0v) is 7.06. The van der Waals surface area contributed by atoms with E-state index in [1.807, 2.05) is 13.0 Å². The second kappa shape index (κ2) is 3.48. The predicted octanol–water partition coefficient (Wildman–Crippen LogP) is 2.61. The third-order valence-corrected chi connectivity index (χ3v) is 2.32. The Labute approximate surface area is 68.8 Å². The molecule has 1 aromatic rings. The van der Waals surface area contributed by atoms with E-state index in [1.54, 1.807) is 5.38 Å². The average Bonchev–Trinajstić information content (AvgIpc) is 2.36. The molecule has 60 valence electrons. The Morgan fingerprint density at radius 2 is 2.45 bits per heavy atom. The molecule has 0 aromatic carbocycles. The van der Waals surface area contributed by atoms with Crippen molar-refractivity contribution in [2.24, 2.45) is 0 Å². The molecule has 0 bridgehead atoms. The quantitative estimate of drug-likeness (QED) is 0.518. The second-order valence-corrected chi connectivity index (χ2v) is 3.15. The summed E-state index contributed by atoms with van der Waals surface area (Å²) < 4.78 is 0. The Hall–Kier alpha value is -0.900. The minimum Gasteiger partial charge on any atom is -0.258 e. The fraction of sp³-hybridized carbons (Fsp3) is 0.429. The van der Waals surface area contributed by atoms with Crippen LogP contribution in [0.1, 0.15) is 18.9 Å². The highest BCUT2D eigenvalue weighted by molar-refractivity contribution is 7.13. The molecule has 1 aromatic heterocycles. The van der Waals surface area contributed by atoms with Gasteiger partial charge in [0.15, 0.2) is 0 Å². The van der Waals surface area contributed by atoms with Crippen LogP contribution in [-0.2, 0) is 6.42 Å². The molecule has 0 saturated carbocycles. The first-order chi connectivity index (χ1) is 5.25. The monoisotopic (exact) mass is 171 g/mol. The van der Waals surface area contributed by atoms with Crippen LogP contribution in [0.4, 0.5) is 5.00 Å². The molecule has 0 amide bonds. The van der Waals surface area contributed by atoms with Gasteiger partial charge in [0, 0.05) is 5.56 Å². The molecule has 0 aliphatic heterocycles. The smallest absolute Gasteiger partial charge is 0.258 e. The zero-order valence-electron chi connectivity index (χ0n) is 6.24. The van der Waals surface area contributed by atoms with Crippen molar-refractivity contribution in [3.63, 3.8) is 0 Å². The van der Waals surface area contributed by atoms with Gasteiger partial charge in [-0.2, -0.15) is 0 Å². The first kappa shape index (κ1) is 8.20. The van der Waals surface area contributed by atoms with Gasteiger partial charge in [-0.1, -0.05) is 24.7 Å². The number of hydrogen-bond donors (Lipinski definition) is 0. The Morgan fingerprint density at radius 1 is 1.73 bits per heavy atom.